The van der Waals surface area contributed by atoms with Gasteiger partial charge in [0.05, 0.1) is 18.6 Å². The molecule has 0 saturated heterocycles. The number of anilines is 1. The summed E-state index contributed by atoms with van der Waals surface area (Å²) in [6, 6.07) is 17.7. The Balaban J connectivity index is 1.53. The van der Waals surface area contributed by atoms with Crippen molar-refractivity contribution in [2.45, 2.75) is 4.90 Å². The maximum absolute atomic E-state index is 13.1. The van der Waals surface area contributed by atoms with Gasteiger partial charge in [-0.3, -0.25) is 9.52 Å². The molecule has 7 nitrogen and oxygen atoms in total. The fraction of sp³-hybridized carbons (Fsp3) is 0.136. The molecule has 0 aliphatic carbocycles. The van der Waals surface area contributed by atoms with Crippen LogP contribution in [0.4, 0.5) is 10.1 Å². The molecule has 0 radical (unpaired) electrons. The van der Waals surface area contributed by atoms with Crippen LogP contribution in [0.5, 0.6) is 11.5 Å². The first-order valence-electron chi connectivity index (χ1n) is 9.31. The molecule has 9 heteroatoms. The Labute approximate surface area is 179 Å². The van der Waals surface area contributed by atoms with E-state index in [2.05, 4.69) is 10.0 Å². The van der Waals surface area contributed by atoms with Crippen molar-refractivity contribution in [1.29, 1.82) is 0 Å². The van der Waals surface area contributed by atoms with E-state index >= 15 is 0 Å². The van der Waals surface area contributed by atoms with E-state index < -0.39 is 15.8 Å². The maximum atomic E-state index is 13.1. The van der Waals surface area contributed by atoms with Crippen molar-refractivity contribution in [1.82, 2.24) is 5.32 Å². The van der Waals surface area contributed by atoms with Gasteiger partial charge in [0.15, 0.2) is 0 Å². The molecule has 2 N–H and O–H groups in total. The first-order chi connectivity index (χ1) is 14.9. The van der Waals surface area contributed by atoms with E-state index in [-0.39, 0.29) is 24.0 Å². The van der Waals surface area contributed by atoms with Crippen LogP contribution in [0.3, 0.4) is 0 Å². The van der Waals surface area contributed by atoms with Crippen molar-refractivity contribution in [3.05, 3.63) is 84.2 Å². The second-order valence-electron chi connectivity index (χ2n) is 6.42. The minimum atomic E-state index is -3.80. The standard InChI is InChI=1S/C22H21FN2O5S/c1-29-19-9-7-18(8-10-19)25-31(27,28)21-11-5-16(6-12-21)22(26)24-13-14-30-20-4-2-3-17(23)15-20/h2-12,15,25H,13-14H2,1H3,(H,24,26). The number of ether oxygens (including phenoxy) is 2. The summed E-state index contributed by atoms with van der Waals surface area (Å²) in [4.78, 5) is 12.2. The maximum Gasteiger partial charge on any atom is 0.261 e. The van der Waals surface area contributed by atoms with Crippen LogP contribution in [0.25, 0.3) is 0 Å². The molecule has 3 aromatic rings. The number of hydrogen-bond acceptors (Lipinski definition) is 5. The number of carbonyl (C=O) groups excluding carboxylic acids is 1. The third-order valence-corrected chi connectivity index (χ3v) is 5.62. The molecule has 0 spiro atoms. The van der Waals surface area contributed by atoms with Crippen LogP contribution >= 0.6 is 0 Å². The molecular formula is C22H21FN2O5S. The van der Waals surface area contributed by atoms with Gasteiger partial charge in [-0.15, -0.1) is 0 Å². The summed E-state index contributed by atoms with van der Waals surface area (Å²) >= 11 is 0. The largest absolute Gasteiger partial charge is 0.497 e. The van der Waals surface area contributed by atoms with Crippen molar-refractivity contribution >= 4 is 21.6 Å². The quantitative estimate of drug-likeness (QED) is 0.493. The highest BCUT2D eigenvalue weighted by Gasteiger charge is 2.15. The minimum absolute atomic E-state index is 0.0225. The summed E-state index contributed by atoms with van der Waals surface area (Å²) in [6.07, 6.45) is 0. The van der Waals surface area contributed by atoms with E-state index in [0.29, 0.717) is 22.7 Å². The fourth-order valence-corrected chi connectivity index (χ4v) is 3.71. The molecule has 3 aromatic carbocycles. The Morgan fingerprint density at radius 2 is 1.68 bits per heavy atom. The molecule has 162 valence electrons. The lowest BCUT2D eigenvalue weighted by Gasteiger charge is -2.10. The SMILES string of the molecule is COc1ccc(NS(=O)(=O)c2ccc(C(=O)NCCOc3cccc(F)c3)cc2)cc1. The van der Waals surface area contributed by atoms with Crippen LogP contribution in [0.15, 0.2) is 77.7 Å². The van der Waals surface area contributed by atoms with Gasteiger partial charge in [0, 0.05) is 17.3 Å². The van der Waals surface area contributed by atoms with Crippen molar-refractivity contribution in [3.63, 3.8) is 0 Å². The lowest BCUT2D eigenvalue weighted by atomic mass is 10.2. The summed E-state index contributed by atoms with van der Waals surface area (Å²) in [5, 5.41) is 2.66. The summed E-state index contributed by atoms with van der Waals surface area (Å²) in [7, 11) is -2.28. The summed E-state index contributed by atoms with van der Waals surface area (Å²) < 4.78 is 51.0. The van der Waals surface area contributed by atoms with E-state index in [1.54, 1.807) is 30.3 Å². The zero-order chi connectivity index (χ0) is 22.3. The first-order valence-corrected chi connectivity index (χ1v) is 10.8. The van der Waals surface area contributed by atoms with Gasteiger partial charge in [0.25, 0.3) is 15.9 Å². The molecule has 0 aromatic heterocycles. The van der Waals surface area contributed by atoms with E-state index in [4.69, 9.17) is 9.47 Å². The van der Waals surface area contributed by atoms with Crippen LogP contribution < -0.4 is 19.5 Å². The lowest BCUT2D eigenvalue weighted by Crippen LogP contribution is -2.28. The van der Waals surface area contributed by atoms with Gasteiger partial charge in [0.1, 0.15) is 23.9 Å². The molecular weight excluding hydrogens is 423 g/mol. The Hall–Kier alpha value is -3.59. The molecule has 31 heavy (non-hydrogen) atoms. The molecule has 3 rings (SSSR count). The summed E-state index contributed by atoms with van der Waals surface area (Å²) in [5.74, 6) is 0.195. The summed E-state index contributed by atoms with van der Waals surface area (Å²) in [6.45, 7) is 0.363. The van der Waals surface area contributed by atoms with Crippen LogP contribution in [0.1, 0.15) is 10.4 Å². The van der Waals surface area contributed by atoms with E-state index in [1.165, 1.54) is 49.6 Å². The van der Waals surface area contributed by atoms with Crippen molar-refractivity contribution in [2.24, 2.45) is 0 Å². The predicted molar refractivity (Wildman–Crippen MR) is 114 cm³/mol. The Morgan fingerprint density at radius 1 is 0.968 bits per heavy atom. The molecule has 1 amide bonds. The van der Waals surface area contributed by atoms with Crippen molar-refractivity contribution < 1.29 is 27.1 Å². The van der Waals surface area contributed by atoms with Gasteiger partial charge in [-0.25, -0.2) is 12.8 Å². The number of rotatable bonds is 9. The molecule has 0 heterocycles. The molecule has 0 unspecified atom stereocenters. The van der Waals surface area contributed by atoms with Crippen molar-refractivity contribution in [3.8, 4) is 11.5 Å². The Bertz CT molecular complexity index is 1130. The first kappa shape index (κ1) is 22.1. The second kappa shape index (κ2) is 9.94. The zero-order valence-electron chi connectivity index (χ0n) is 16.7. The number of sulfonamides is 1. The van der Waals surface area contributed by atoms with Gasteiger partial charge in [-0.1, -0.05) is 6.07 Å². The molecule has 0 fully saturated rings. The molecule has 0 aliphatic heterocycles. The average Bonchev–Trinajstić information content (AvgIpc) is 2.77. The van der Waals surface area contributed by atoms with Crippen LogP contribution in [-0.4, -0.2) is 34.6 Å². The van der Waals surface area contributed by atoms with E-state index in [1.807, 2.05) is 0 Å². The smallest absolute Gasteiger partial charge is 0.261 e. The van der Waals surface area contributed by atoms with Crippen LogP contribution in [0, 0.1) is 5.82 Å². The van der Waals surface area contributed by atoms with E-state index in [0.717, 1.165) is 0 Å². The fourth-order valence-electron chi connectivity index (χ4n) is 2.65. The van der Waals surface area contributed by atoms with Gasteiger partial charge in [-0.05, 0) is 60.7 Å². The minimum Gasteiger partial charge on any atom is -0.497 e. The average molecular weight is 444 g/mol. The molecule has 0 aliphatic rings. The Morgan fingerprint density at radius 3 is 2.32 bits per heavy atom. The third kappa shape index (κ3) is 6.19. The van der Waals surface area contributed by atoms with Crippen molar-refractivity contribution in [2.75, 3.05) is 25.0 Å². The topological polar surface area (TPSA) is 93.7 Å². The lowest BCUT2D eigenvalue weighted by molar-refractivity contribution is 0.0947. The van der Waals surface area contributed by atoms with E-state index in [9.17, 15) is 17.6 Å². The highest BCUT2D eigenvalue weighted by molar-refractivity contribution is 7.92. The number of amides is 1. The summed E-state index contributed by atoms with van der Waals surface area (Å²) in [5.41, 5.74) is 0.690. The Kier molecular flexibility index (Phi) is 7.09. The highest BCUT2D eigenvalue weighted by Crippen LogP contribution is 2.19. The second-order valence-corrected chi connectivity index (χ2v) is 8.10. The normalized spacial score (nSPS) is 10.9. The zero-order valence-corrected chi connectivity index (χ0v) is 17.5. The van der Waals surface area contributed by atoms with Gasteiger partial charge < -0.3 is 14.8 Å². The van der Waals surface area contributed by atoms with Gasteiger partial charge in [-0.2, -0.15) is 0 Å². The number of benzene rings is 3. The molecule has 0 saturated carbocycles. The molecule has 0 bridgehead atoms. The highest BCUT2D eigenvalue weighted by atomic mass is 32.2. The van der Waals surface area contributed by atoms with Crippen LogP contribution in [-0.2, 0) is 10.0 Å². The van der Waals surface area contributed by atoms with Gasteiger partial charge in [0.2, 0.25) is 0 Å². The number of nitrogens with one attached hydrogen (secondary N) is 2. The number of halogens is 1. The number of methoxy groups -OCH3 is 1. The number of carbonyl (C=O) groups is 1. The molecule has 0 atom stereocenters. The monoisotopic (exact) mass is 444 g/mol. The predicted octanol–water partition coefficient (Wildman–Crippen LogP) is 3.44. The number of hydrogen-bond donors (Lipinski definition) is 2. The third-order valence-electron chi connectivity index (χ3n) is 4.22. The van der Waals surface area contributed by atoms with Crippen LogP contribution in [0.2, 0.25) is 0 Å². The van der Waals surface area contributed by atoms with Gasteiger partial charge >= 0.3 is 0 Å².